The Morgan fingerprint density at radius 1 is 1.24 bits per heavy atom. The van der Waals surface area contributed by atoms with Gasteiger partial charge < -0.3 is 15.0 Å². The van der Waals surface area contributed by atoms with E-state index in [0.29, 0.717) is 12.5 Å². The first-order valence-corrected chi connectivity index (χ1v) is 9.48. The fourth-order valence-corrected chi connectivity index (χ4v) is 3.08. The summed E-state index contributed by atoms with van der Waals surface area (Å²) in [6, 6.07) is 8.53. The van der Waals surface area contributed by atoms with E-state index in [9.17, 15) is 4.79 Å². The van der Waals surface area contributed by atoms with Crippen LogP contribution in [0.3, 0.4) is 0 Å². The molecule has 1 saturated carbocycles. The SMILES string of the molecule is CC(OCC1CC1)C(=O)NCc1cccc(CN2CCN(C)CC2)c1. The average Bonchev–Trinajstić information content (AvgIpc) is 3.44. The molecule has 1 aliphatic carbocycles. The van der Waals surface area contributed by atoms with Gasteiger partial charge in [0.2, 0.25) is 5.91 Å². The number of piperazine rings is 1. The minimum Gasteiger partial charge on any atom is -0.368 e. The lowest BCUT2D eigenvalue weighted by atomic mass is 10.1. The standard InChI is InChI=1S/C20H31N3O2/c1-16(25-15-17-6-7-17)20(24)21-13-18-4-3-5-19(12-18)14-23-10-8-22(2)9-11-23/h3-5,12,16-17H,6-11,13-15H2,1-2H3,(H,21,24). The molecule has 1 heterocycles. The van der Waals surface area contributed by atoms with Crippen molar-refractivity contribution in [2.45, 2.75) is 39.0 Å². The Bertz CT molecular complexity index is 566. The quantitative estimate of drug-likeness (QED) is 0.781. The minimum absolute atomic E-state index is 0.0230. The maximum Gasteiger partial charge on any atom is 0.249 e. The lowest BCUT2D eigenvalue weighted by molar-refractivity contribution is -0.132. The van der Waals surface area contributed by atoms with Gasteiger partial charge in [-0.2, -0.15) is 0 Å². The summed E-state index contributed by atoms with van der Waals surface area (Å²) < 4.78 is 5.63. The minimum atomic E-state index is -0.367. The van der Waals surface area contributed by atoms with E-state index >= 15 is 0 Å². The molecule has 1 aromatic rings. The molecule has 1 amide bonds. The normalized spacial score (nSPS) is 20.4. The van der Waals surface area contributed by atoms with Crippen molar-refractivity contribution in [3.8, 4) is 0 Å². The first-order valence-electron chi connectivity index (χ1n) is 9.48. The van der Waals surface area contributed by atoms with Crippen molar-refractivity contribution in [3.63, 3.8) is 0 Å². The van der Waals surface area contributed by atoms with Gasteiger partial charge in [-0.3, -0.25) is 9.69 Å². The topological polar surface area (TPSA) is 44.8 Å². The highest BCUT2D eigenvalue weighted by Crippen LogP contribution is 2.29. The summed E-state index contributed by atoms with van der Waals surface area (Å²) in [6.45, 7) is 8.60. The molecule has 1 aliphatic heterocycles. The first-order chi connectivity index (χ1) is 12.1. The fraction of sp³-hybridized carbons (Fsp3) is 0.650. The van der Waals surface area contributed by atoms with Gasteiger partial charge >= 0.3 is 0 Å². The maximum atomic E-state index is 12.1. The third kappa shape index (κ3) is 6.10. The van der Waals surface area contributed by atoms with E-state index in [0.717, 1.165) is 44.9 Å². The van der Waals surface area contributed by atoms with Gasteiger partial charge in [0.05, 0.1) is 6.61 Å². The lowest BCUT2D eigenvalue weighted by Gasteiger charge is -2.32. The molecule has 138 valence electrons. The predicted octanol–water partition coefficient (Wildman–Crippen LogP) is 1.87. The molecular formula is C20H31N3O2. The largest absolute Gasteiger partial charge is 0.368 e. The van der Waals surface area contributed by atoms with Gasteiger partial charge in [-0.25, -0.2) is 0 Å². The Labute approximate surface area is 151 Å². The molecule has 0 radical (unpaired) electrons. The number of amides is 1. The zero-order chi connectivity index (χ0) is 17.6. The van der Waals surface area contributed by atoms with Crippen molar-refractivity contribution in [2.75, 3.05) is 39.8 Å². The highest BCUT2D eigenvalue weighted by molar-refractivity contribution is 5.80. The van der Waals surface area contributed by atoms with Crippen molar-refractivity contribution < 1.29 is 9.53 Å². The van der Waals surface area contributed by atoms with E-state index in [1.165, 1.54) is 18.4 Å². The van der Waals surface area contributed by atoms with Gasteiger partial charge in [0.1, 0.15) is 6.10 Å². The van der Waals surface area contributed by atoms with Crippen LogP contribution in [0.5, 0.6) is 0 Å². The Kier molecular flexibility index (Phi) is 6.45. The number of hydrogen-bond donors (Lipinski definition) is 1. The van der Waals surface area contributed by atoms with Crippen LogP contribution in [0, 0.1) is 5.92 Å². The second-order valence-corrected chi connectivity index (χ2v) is 7.54. The van der Waals surface area contributed by atoms with E-state index in [4.69, 9.17) is 4.74 Å². The molecule has 1 unspecified atom stereocenters. The summed E-state index contributed by atoms with van der Waals surface area (Å²) in [5, 5.41) is 3.00. The summed E-state index contributed by atoms with van der Waals surface area (Å²) >= 11 is 0. The smallest absolute Gasteiger partial charge is 0.249 e. The third-order valence-electron chi connectivity index (χ3n) is 5.11. The number of nitrogens with one attached hydrogen (secondary N) is 1. The van der Waals surface area contributed by atoms with Crippen LogP contribution in [0.25, 0.3) is 0 Å². The van der Waals surface area contributed by atoms with Crippen molar-refractivity contribution in [1.82, 2.24) is 15.1 Å². The summed E-state index contributed by atoms with van der Waals surface area (Å²) in [5.41, 5.74) is 2.46. The number of benzene rings is 1. The van der Waals surface area contributed by atoms with Crippen LogP contribution in [0.4, 0.5) is 0 Å². The van der Waals surface area contributed by atoms with Crippen LogP contribution >= 0.6 is 0 Å². The summed E-state index contributed by atoms with van der Waals surface area (Å²) in [6.07, 6.45) is 2.12. The summed E-state index contributed by atoms with van der Waals surface area (Å²) in [7, 11) is 2.18. The highest BCUT2D eigenvalue weighted by Gasteiger charge is 2.24. The van der Waals surface area contributed by atoms with E-state index in [1.807, 2.05) is 6.92 Å². The molecule has 2 aliphatic rings. The number of nitrogens with zero attached hydrogens (tertiary/aromatic N) is 2. The van der Waals surface area contributed by atoms with E-state index < -0.39 is 0 Å². The molecule has 25 heavy (non-hydrogen) atoms. The number of hydrogen-bond acceptors (Lipinski definition) is 4. The fourth-order valence-electron chi connectivity index (χ4n) is 3.08. The number of carbonyl (C=O) groups excluding carboxylic acids is 1. The Hall–Kier alpha value is -1.43. The van der Waals surface area contributed by atoms with Gasteiger partial charge in [0.25, 0.3) is 0 Å². The van der Waals surface area contributed by atoms with Gasteiger partial charge in [0, 0.05) is 39.3 Å². The lowest BCUT2D eigenvalue weighted by Crippen LogP contribution is -2.43. The zero-order valence-electron chi connectivity index (χ0n) is 15.5. The van der Waals surface area contributed by atoms with Gasteiger partial charge in [-0.15, -0.1) is 0 Å². The zero-order valence-corrected chi connectivity index (χ0v) is 15.5. The molecule has 3 rings (SSSR count). The van der Waals surface area contributed by atoms with E-state index in [1.54, 1.807) is 0 Å². The number of likely N-dealkylation sites (N-methyl/N-ethyl adjacent to an activating group) is 1. The van der Waals surface area contributed by atoms with Crippen LogP contribution < -0.4 is 5.32 Å². The van der Waals surface area contributed by atoms with Gasteiger partial charge in [-0.05, 0) is 43.9 Å². The van der Waals surface area contributed by atoms with Crippen LogP contribution in [0.1, 0.15) is 30.9 Å². The molecule has 5 nitrogen and oxygen atoms in total. The molecule has 5 heteroatoms. The van der Waals surface area contributed by atoms with Crippen molar-refractivity contribution in [2.24, 2.45) is 5.92 Å². The second-order valence-electron chi connectivity index (χ2n) is 7.54. The summed E-state index contributed by atoms with van der Waals surface area (Å²) in [5.74, 6) is 0.659. The second kappa shape index (κ2) is 8.79. The van der Waals surface area contributed by atoms with E-state index in [-0.39, 0.29) is 12.0 Å². The van der Waals surface area contributed by atoms with Crippen molar-refractivity contribution >= 4 is 5.91 Å². The maximum absolute atomic E-state index is 12.1. The Morgan fingerprint density at radius 2 is 1.96 bits per heavy atom. The molecule has 0 aromatic heterocycles. The number of rotatable bonds is 8. The highest BCUT2D eigenvalue weighted by atomic mass is 16.5. The van der Waals surface area contributed by atoms with Gasteiger partial charge in [0.15, 0.2) is 0 Å². The van der Waals surface area contributed by atoms with Crippen molar-refractivity contribution in [1.29, 1.82) is 0 Å². The molecule has 2 fully saturated rings. The summed E-state index contributed by atoms with van der Waals surface area (Å²) in [4.78, 5) is 17.0. The van der Waals surface area contributed by atoms with Crippen LogP contribution in [0.2, 0.25) is 0 Å². The molecule has 1 N–H and O–H groups in total. The predicted molar refractivity (Wildman–Crippen MR) is 99.2 cm³/mol. The molecule has 1 aromatic carbocycles. The molecule has 0 bridgehead atoms. The molecule has 1 atom stereocenters. The Morgan fingerprint density at radius 3 is 2.68 bits per heavy atom. The van der Waals surface area contributed by atoms with Crippen LogP contribution in [-0.2, 0) is 22.6 Å². The van der Waals surface area contributed by atoms with Crippen LogP contribution in [0.15, 0.2) is 24.3 Å². The number of ether oxygens (including phenoxy) is 1. The van der Waals surface area contributed by atoms with Gasteiger partial charge in [-0.1, -0.05) is 24.3 Å². The van der Waals surface area contributed by atoms with E-state index in [2.05, 4.69) is 46.4 Å². The Balaban J connectivity index is 1.43. The number of carbonyl (C=O) groups is 1. The molecule has 0 spiro atoms. The third-order valence-corrected chi connectivity index (χ3v) is 5.11. The van der Waals surface area contributed by atoms with Crippen LogP contribution in [-0.4, -0.2) is 61.6 Å². The molecule has 1 saturated heterocycles. The van der Waals surface area contributed by atoms with Crippen molar-refractivity contribution in [3.05, 3.63) is 35.4 Å². The average molecular weight is 345 g/mol. The first kappa shape index (κ1) is 18.4. The molecular weight excluding hydrogens is 314 g/mol. The monoisotopic (exact) mass is 345 g/mol.